The highest BCUT2D eigenvalue weighted by Gasteiger charge is 2.11. The average molecular weight is 304 g/mol. The van der Waals surface area contributed by atoms with Crippen molar-refractivity contribution in [1.82, 2.24) is 4.90 Å². The number of benzene rings is 2. The van der Waals surface area contributed by atoms with Crippen LogP contribution in [0, 0.1) is 0 Å². The van der Waals surface area contributed by atoms with Crippen LogP contribution in [0.2, 0.25) is 5.02 Å². The maximum atomic E-state index is 5.88. The molecule has 1 aliphatic heterocycles. The van der Waals surface area contributed by atoms with Crippen LogP contribution in [-0.2, 0) is 11.3 Å². The number of nitrogens with zero attached hydrogens (tertiary/aromatic N) is 1. The lowest BCUT2D eigenvalue weighted by atomic mass is 10.2. The quantitative estimate of drug-likeness (QED) is 0.853. The van der Waals surface area contributed by atoms with Crippen molar-refractivity contribution < 1.29 is 9.47 Å². The van der Waals surface area contributed by atoms with E-state index >= 15 is 0 Å². The first-order chi connectivity index (χ1) is 10.3. The molecule has 0 aliphatic carbocycles. The first-order valence-electron chi connectivity index (χ1n) is 7.12. The molecule has 0 saturated carbocycles. The SMILES string of the molecule is Clc1ccc(Oc2cccc(CN3CCOCC3)c2)cc1. The molecule has 2 aromatic carbocycles. The maximum absolute atomic E-state index is 5.88. The van der Waals surface area contributed by atoms with Gasteiger partial charge in [-0.25, -0.2) is 0 Å². The molecule has 3 nitrogen and oxygen atoms in total. The summed E-state index contributed by atoms with van der Waals surface area (Å²) in [4.78, 5) is 2.39. The number of halogens is 1. The minimum atomic E-state index is 0.711. The molecule has 4 heteroatoms. The molecule has 0 radical (unpaired) electrons. The molecule has 2 aromatic rings. The Morgan fingerprint density at radius 1 is 1.00 bits per heavy atom. The topological polar surface area (TPSA) is 21.7 Å². The maximum Gasteiger partial charge on any atom is 0.127 e. The fourth-order valence-corrected chi connectivity index (χ4v) is 2.49. The van der Waals surface area contributed by atoms with Crippen LogP contribution in [0.3, 0.4) is 0 Å². The van der Waals surface area contributed by atoms with Gasteiger partial charge >= 0.3 is 0 Å². The van der Waals surface area contributed by atoms with Gasteiger partial charge in [0.15, 0.2) is 0 Å². The molecular weight excluding hydrogens is 286 g/mol. The number of rotatable bonds is 4. The Kier molecular flexibility index (Phi) is 4.76. The van der Waals surface area contributed by atoms with Crippen molar-refractivity contribution in [3.8, 4) is 11.5 Å². The second-order valence-corrected chi connectivity index (χ2v) is 5.53. The van der Waals surface area contributed by atoms with Gasteiger partial charge in [0.1, 0.15) is 11.5 Å². The lowest BCUT2D eigenvalue weighted by Gasteiger charge is -2.26. The van der Waals surface area contributed by atoms with E-state index < -0.39 is 0 Å². The zero-order valence-electron chi connectivity index (χ0n) is 11.8. The van der Waals surface area contributed by atoms with Gasteiger partial charge in [-0.05, 0) is 42.0 Å². The van der Waals surface area contributed by atoms with Crippen LogP contribution in [0.1, 0.15) is 5.56 Å². The van der Waals surface area contributed by atoms with Gasteiger partial charge in [0.2, 0.25) is 0 Å². The number of hydrogen-bond acceptors (Lipinski definition) is 3. The van der Waals surface area contributed by atoms with Gasteiger partial charge in [-0.2, -0.15) is 0 Å². The van der Waals surface area contributed by atoms with Crippen LogP contribution in [0.25, 0.3) is 0 Å². The lowest BCUT2D eigenvalue weighted by Crippen LogP contribution is -2.35. The number of morpholine rings is 1. The zero-order valence-corrected chi connectivity index (χ0v) is 12.6. The highest BCUT2D eigenvalue weighted by atomic mass is 35.5. The summed E-state index contributed by atoms with van der Waals surface area (Å²) in [5.74, 6) is 1.64. The Morgan fingerprint density at radius 2 is 1.76 bits per heavy atom. The zero-order chi connectivity index (χ0) is 14.5. The fraction of sp³-hybridized carbons (Fsp3) is 0.294. The van der Waals surface area contributed by atoms with Crippen molar-refractivity contribution in [3.05, 3.63) is 59.1 Å². The van der Waals surface area contributed by atoms with Gasteiger partial charge < -0.3 is 9.47 Å². The first-order valence-corrected chi connectivity index (χ1v) is 7.50. The summed E-state index contributed by atoms with van der Waals surface area (Å²) in [6.45, 7) is 4.55. The van der Waals surface area contributed by atoms with E-state index in [4.69, 9.17) is 21.1 Å². The van der Waals surface area contributed by atoms with Crippen LogP contribution in [0.5, 0.6) is 11.5 Å². The summed E-state index contributed by atoms with van der Waals surface area (Å²) in [5.41, 5.74) is 1.25. The van der Waals surface area contributed by atoms with Gasteiger partial charge in [-0.15, -0.1) is 0 Å². The summed E-state index contributed by atoms with van der Waals surface area (Å²) in [6, 6.07) is 15.6. The Labute approximate surface area is 130 Å². The van der Waals surface area contributed by atoms with Crippen molar-refractivity contribution in [3.63, 3.8) is 0 Å². The van der Waals surface area contributed by atoms with E-state index in [1.54, 1.807) is 0 Å². The van der Waals surface area contributed by atoms with Crippen molar-refractivity contribution in [2.24, 2.45) is 0 Å². The second-order valence-electron chi connectivity index (χ2n) is 5.09. The van der Waals surface area contributed by atoms with Gasteiger partial charge in [-0.3, -0.25) is 4.90 Å². The van der Waals surface area contributed by atoms with Gasteiger partial charge in [0.05, 0.1) is 13.2 Å². The fourth-order valence-electron chi connectivity index (χ4n) is 2.36. The van der Waals surface area contributed by atoms with Gasteiger partial charge in [-0.1, -0.05) is 23.7 Å². The molecule has 1 saturated heterocycles. The molecular formula is C17H18ClNO2. The normalized spacial score (nSPS) is 15.9. The van der Waals surface area contributed by atoms with E-state index in [2.05, 4.69) is 17.0 Å². The molecule has 1 heterocycles. The molecule has 0 spiro atoms. The van der Waals surface area contributed by atoms with E-state index in [9.17, 15) is 0 Å². The van der Waals surface area contributed by atoms with Gasteiger partial charge in [0, 0.05) is 24.7 Å². The van der Waals surface area contributed by atoms with Crippen LogP contribution in [0.4, 0.5) is 0 Å². The molecule has 0 atom stereocenters. The third-order valence-electron chi connectivity index (χ3n) is 3.46. The highest BCUT2D eigenvalue weighted by Crippen LogP contribution is 2.24. The minimum absolute atomic E-state index is 0.711. The summed E-state index contributed by atoms with van der Waals surface area (Å²) in [7, 11) is 0. The number of hydrogen-bond donors (Lipinski definition) is 0. The molecule has 0 bridgehead atoms. The van der Waals surface area contributed by atoms with Crippen LogP contribution in [-0.4, -0.2) is 31.2 Å². The largest absolute Gasteiger partial charge is 0.457 e. The Morgan fingerprint density at radius 3 is 2.52 bits per heavy atom. The summed E-state index contributed by atoms with van der Waals surface area (Å²) in [6.07, 6.45) is 0. The average Bonchev–Trinajstić information content (AvgIpc) is 2.51. The summed E-state index contributed by atoms with van der Waals surface area (Å²) < 4.78 is 11.2. The molecule has 1 fully saturated rings. The second kappa shape index (κ2) is 6.94. The van der Waals surface area contributed by atoms with Crippen LogP contribution < -0.4 is 4.74 Å². The van der Waals surface area contributed by atoms with Crippen molar-refractivity contribution in [2.75, 3.05) is 26.3 Å². The molecule has 0 aromatic heterocycles. The van der Waals surface area contributed by atoms with Crippen molar-refractivity contribution >= 4 is 11.6 Å². The Hall–Kier alpha value is -1.55. The summed E-state index contributed by atoms with van der Waals surface area (Å²) >= 11 is 5.88. The standard InChI is InChI=1S/C17H18ClNO2/c18-15-4-6-16(7-5-15)21-17-3-1-2-14(12-17)13-19-8-10-20-11-9-19/h1-7,12H,8-11,13H2. The minimum Gasteiger partial charge on any atom is -0.457 e. The van der Waals surface area contributed by atoms with Crippen molar-refractivity contribution in [1.29, 1.82) is 0 Å². The number of ether oxygens (including phenoxy) is 2. The van der Waals surface area contributed by atoms with Crippen LogP contribution in [0.15, 0.2) is 48.5 Å². The monoisotopic (exact) mass is 303 g/mol. The molecule has 110 valence electrons. The van der Waals surface area contributed by atoms with Crippen molar-refractivity contribution in [2.45, 2.75) is 6.54 Å². The smallest absolute Gasteiger partial charge is 0.127 e. The molecule has 21 heavy (non-hydrogen) atoms. The highest BCUT2D eigenvalue weighted by molar-refractivity contribution is 6.30. The third kappa shape index (κ3) is 4.21. The van der Waals surface area contributed by atoms with E-state index in [0.717, 1.165) is 44.3 Å². The molecule has 1 aliphatic rings. The van der Waals surface area contributed by atoms with E-state index in [0.29, 0.717) is 5.02 Å². The Bertz CT molecular complexity index is 580. The van der Waals surface area contributed by atoms with Gasteiger partial charge in [0.25, 0.3) is 0 Å². The summed E-state index contributed by atoms with van der Waals surface area (Å²) in [5, 5.41) is 0.711. The third-order valence-corrected chi connectivity index (χ3v) is 3.71. The van der Waals surface area contributed by atoms with E-state index in [-0.39, 0.29) is 0 Å². The molecule has 3 rings (SSSR count). The Balaban J connectivity index is 1.66. The predicted molar refractivity (Wildman–Crippen MR) is 84.1 cm³/mol. The lowest BCUT2D eigenvalue weighted by molar-refractivity contribution is 0.0342. The van der Waals surface area contributed by atoms with E-state index in [1.807, 2.05) is 36.4 Å². The predicted octanol–water partition coefficient (Wildman–Crippen LogP) is 3.96. The first kappa shape index (κ1) is 14.4. The van der Waals surface area contributed by atoms with Crippen LogP contribution >= 0.6 is 11.6 Å². The van der Waals surface area contributed by atoms with E-state index in [1.165, 1.54) is 5.56 Å². The molecule has 0 unspecified atom stereocenters. The molecule has 0 amide bonds. The molecule has 0 N–H and O–H groups in total.